The average molecular weight is 958 g/mol. The summed E-state index contributed by atoms with van der Waals surface area (Å²) in [5.41, 5.74) is 7.79. The van der Waals surface area contributed by atoms with Crippen LogP contribution in [0, 0.1) is 13.8 Å². The molecular formula is C43H50Cl2N16O2S2. The maximum atomic E-state index is 12.8. The van der Waals surface area contributed by atoms with Crippen LogP contribution in [0.5, 0.6) is 0 Å². The molecule has 2 aliphatic rings. The summed E-state index contributed by atoms with van der Waals surface area (Å²) in [5.74, 6) is 1.47. The first-order chi connectivity index (χ1) is 31.2. The molecule has 0 bridgehead atoms. The molecule has 2 unspecified atom stereocenters. The van der Waals surface area contributed by atoms with Gasteiger partial charge in [-0.25, -0.2) is 24.7 Å². The van der Waals surface area contributed by atoms with E-state index < -0.39 is 5.60 Å². The van der Waals surface area contributed by atoms with Crippen LogP contribution in [0.4, 0.5) is 26.4 Å². The lowest BCUT2D eigenvalue weighted by Crippen LogP contribution is -2.42. The highest BCUT2D eigenvalue weighted by molar-refractivity contribution is 7.10. The topological polar surface area (TPSA) is 187 Å². The van der Waals surface area contributed by atoms with Crippen LogP contribution in [-0.4, -0.2) is 99.8 Å². The van der Waals surface area contributed by atoms with E-state index in [1.165, 1.54) is 23.1 Å². The van der Waals surface area contributed by atoms with Gasteiger partial charge in [-0.1, -0.05) is 23.2 Å². The highest BCUT2D eigenvalue weighted by atomic mass is 35.5. The van der Waals surface area contributed by atoms with Crippen molar-refractivity contribution >= 4 is 85.3 Å². The van der Waals surface area contributed by atoms with E-state index in [4.69, 9.17) is 37.9 Å². The number of imidazole rings is 2. The molecule has 0 spiro atoms. The molecule has 65 heavy (non-hydrogen) atoms. The minimum absolute atomic E-state index is 0.0592. The molecule has 0 aliphatic carbocycles. The van der Waals surface area contributed by atoms with E-state index in [2.05, 4.69) is 44.9 Å². The Morgan fingerprint density at radius 1 is 0.785 bits per heavy atom. The molecule has 22 heteroatoms. The Kier molecular flexibility index (Phi) is 12.5. The molecule has 2 aliphatic heterocycles. The summed E-state index contributed by atoms with van der Waals surface area (Å²) in [4.78, 5) is 33.7. The number of nitrogens with one attached hydrogen (secondary N) is 3. The van der Waals surface area contributed by atoms with Crippen molar-refractivity contribution in [3.63, 3.8) is 0 Å². The van der Waals surface area contributed by atoms with Gasteiger partial charge in [0.15, 0.2) is 22.9 Å². The van der Waals surface area contributed by atoms with E-state index in [1.807, 2.05) is 94.4 Å². The van der Waals surface area contributed by atoms with E-state index in [0.717, 1.165) is 88.4 Å². The normalized spacial score (nSPS) is 16.8. The molecule has 0 aromatic carbocycles. The highest BCUT2D eigenvalue weighted by Gasteiger charge is 2.32. The zero-order valence-electron chi connectivity index (χ0n) is 37.1. The largest absolute Gasteiger partial charge is 0.444 e. The second kappa shape index (κ2) is 18.3. The number of carbonyl (C=O) groups is 1. The number of likely N-dealkylation sites (tertiary alicyclic amines) is 1. The van der Waals surface area contributed by atoms with Gasteiger partial charge in [-0.05, 0) is 102 Å². The second-order valence-corrected chi connectivity index (χ2v) is 19.7. The van der Waals surface area contributed by atoms with Crippen LogP contribution >= 0.6 is 46.3 Å². The number of aromatic nitrogens is 12. The third kappa shape index (κ3) is 9.53. The van der Waals surface area contributed by atoms with Gasteiger partial charge in [0, 0.05) is 69.1 Å². The summed E-state index contributed by atoms with van der Waals surface area (Å²) in [7, 11) is 3.77. The molecule has 8 aromatic rings. The third-order valence-corrected chi connectivity index (χ3v) is 13.4. The van der Waals surface area contributed by atoms with Crippen molar-refractivity contribution in [2.75, 3.05) is 36.8 Å². The summed E-state index contributed by atoms with van der Waals surface area (Å²) >= 11 is 16.7. The lowest BCUT2D eigenvalue weighted by Gasteiger charge is -2.34. The zero-order valence-corrected chi connectivity index (χ0v) is 40.3. The summed E-state index contributed by atoms with van der Waals surface area (Å²) in [6.07, 6.45) is 14.6. The number of hydrogen-bond donors (Lipinski definition) is 3. The molecule has 8 aromatic heterocycles. The number of ether oxygens (including phenoxy) is 1. The SMILES string of the molecule is Cc1cc(Nc2nc(C3CCCN(C(=O)OC(C)(C)C)C3)c(Cl)n3c(-c4cnn(C)c4)cnc23)sn1.Cc1cc(Nc2nc(C3CCCNC3)c(Cl)n3c(-c4cnn(C)c4)cnc23)sn1. The number of amides is 1. The van der Waals surface area contributed by atoms with Crippen molar-refractivity contribution in [2.24, 2.45) is 14.1 Å². The fourth-order valence-electron chi connectivity index (χ4n) is 8.16. The third-order valence-electron chi connectivity index (χ3n) is 11.1. The highest BCUT2D eigenvalue weighted by Crippen LogP contribution is 2.38. The number of fused-ring (bicyclic) bond motifs is 2. The molecule has 3 N–H and O–H groups in total. The lowest BCUT2D eigenvalue weighted by molar-refractivity contribution is 0.0197. The average Bonchev–Trinajstić information content (AvgIpc) is 4.15. The quantitative estimate of drug-likeness (QED) is 0.131. The zero-order chi connectivity index (χ0) is 45.6. The summed E-state index contributed by atoms with van der Waals surface area (Å²) in [6, 6.07) is 3.97. The minimum Gasteiger partial charge on any atom is -0.444 e. The molecule has 0 saturated carbocycles. The number of halogens is 2. The van der Waals surface area contributed by atoms with Crippen molar-refractivity contribution in [1.82, 2.24) is 67.3 Å². The van der Waals surface area contributed by atoms with Gasteiger partial charge < -0.3 is 25.6 Å². The Morgan fingerprint density at radius 2 is 1.31 bits per heavy atom. The molecule has 2 saturated heterocycles. The number of piperidine rings is 2. The molecule has 10 rings (SSSR count). The van der Waals surface area contributed by atoms with Crippen molar-refractivity contribution < 1.29 is 9.53 Å². The number of aryl methyl sites for hydroxylation is 4. The van der Waals surface area contributed by atoms with Gasteiger partial charge in [0.25, 0.3) is 0 Å². The number of carbonyl (C=O) groups excluding carboxylic acids is 1. The van der Waals surface area contributed by atoms with E-state index in [-0.39, 0.29) is 17.9 Å². The second-order valence-electron chi connectivity index (χ2n) is 17.4. The smallest absolute Gasteiger partial charge is 0.410 e. The predicted octanol–water partition coefficient (Wildman–Crippen LogP) is 9.16. The van der Waals surface area contributed by atoms with E-state index in [9.17, 15) is 4.79 Å². The molecule has 1 amide bonds. The van der Waals surface area contributed by atoms with Crippen molar-refractivity contribution in [3.05, 3.63) is 82.4 Å². The first-order valence-electron chi connectivity index (χ1n) is 21.4. The Bertz CT molecular complexity index is 2990. The van der Waals surface area contributed by atoms with Crippen LogP contribution in [0.15, 0.2) is 49.3 Å². The van der Waals surface area contributed by atoms with Crippen LogP contribution in [0.25, 0.3) is 33.8 Å². The Morgan fingerprint density at radius 3 is 1.75 bits per heavy atom. The molecule has 2 atom stereocenters. The van der Waals surface area contributed by atoms with E-state index >= 15 is 0 Å². The fourth-order valence-corrected chi connectivity index (χ4v) is 10.2. The van der Waals surface area contributed by atoms with Crippen molar-refractivity contribution in [2.45, 2.75) is 77.7 Å². The van der Waals surface area contributed by atoms with Crippen molar-refractivity contribution in [1.29, 1.82) is 0 Å². The van der Waals surface area contributed by atoms with E-state index in [1.54, 1.807) is 26.7 Å². The summed E-state index contributed by atoms with van der Waals surface area (Å²) in [6.45, 7) is 12.6. The monoisotopic (exact) mass is 956 g/mol. The fraction of sp³-hybridized carbons (Fsp3) is 0.419. The number of anilines is 4. The lowest BCUT2D eigenvalue weighted by atomic mass is 9.95. The molecular weight excluding hydrogens is 908 g/mol. The van der Waals surface area contributed by atoms with Crippen molar-refractivity contribution in [3.8, 4) is 22.5 Å². The van der Waals surface area contributed by atoms with Gasteiger partial charge >= 0.3 is 6.09 Å². The van der Waals surface area contributed by atoms with Gasteiger partial charge in [-0.3, -0.25) is 18.2 Å². The van der Waals surface area contributed by atoms with Crippen LogP contribution in [0.1, 0.15) is 81.1 Å². The van der Waals surface area contributed by atoms with E-state index in [0.29, 0.717) is 52.0 Å². The molecule has 18 nitrogen and oxygen atoms in total. The Labute approximate surface area is 393 Å². The minimum atomic E-state index is -0.557. The van der Waals surface area contributed by atoms with Gasteiger partial charge in [-0.2, -0.15) is 18.9 Å². The molecule has 340 valence electrons. The maximum Gasteiger partial charge on any atom is 0.410 e. The summed E-state index contributed by atoms with van der Waals surface area (Å²) < 4.78 is 21.7. The Balaban J connectivity index is 0.000000168. The maximum absolute atomic E-state index is 12.8. The number of rotatable bonds is 8. The first kappa shape index (κ1) is 44.5. The van der Waals surface area contributed by atoms with Gasteiger partial charge in [0.05, 0.1) is 59.0 Å². The van der Waals surface area contributed by atoms with Crippen LogP contribution < -0.4 is 16.0 Å². The first-order valence-corrected chi connectivity index (χ1v) is 23.7. The molecule has 2 fully saturated rings. The van der Waals surface area contributed by atoms with Crippen LogP contribution in [0.2, 0.25) is 10.3 Å². The number of nitrogens with zero attached hydrogens (tertiary/aromatic N) is 13. The molecule has 10 heterocycles. The standard InChI is InChI=1S/C24H29ClN8O2S.C19H21ClN8S/c1-14-9-18(36-30-14)28-21-22-26-11-17(16-10-27-31(5)12-16)33(22)20(25)19(29-21)15-7-6-8-32(13-15)23(34)35-24(2,3)4;1-11-6-15(29-26-11)24-18-19-22-9-14(13-8-23-27(2)10-13)28(19)17(20)16(25-18)12-4-3-5-21-7-12/h9-12,15H,6-8,13H2,1-5H3,(H,28,29);6,8-10,12,21H,3-5,7H2,1-2H3,(H,24,25). The predicted molar refractivity (Wildman–Crippen MR) is 255 cm³/mol. The molecule has 0 radical (unpaired) electrons. The summed E-state index contributed by atoms with van der Waals surface area (Å²) in [5, 5.41) is 21.7. The van der Waals surface area contributed by atoms with Gasteiger partial charge in [-0.15, -0.1) is 0 Å². The van der Waals surface area contributed by atoms with Crippen LogP contribution in [0.3, 0.4) is 0 Å². The van der Waals surface area contributed by atoms with Gasteiger partial charge in [0.2, 0.25) is 0 Å². The van der Waals surface area contributed by atoms with Gasteiger partial charge in [0.1, 0.15) is 25.9 Å². The number of hydrogen-bond acceptors (Lipinski definition) is 15. The van der Waals surface area contributed by atoms with Crippen LogP contribution in [-0.2, 0) is 18.8 Å². The Hall–Kier alpha value is -5.67.